The molecule has 0 radical (unpaired) electrons. The molecular weight excluding hydrogens is 142 g/mol. The third-order valence-corrected chi connectivity index (χ3v) is 1.68. The standard InChI is InChI=1S/C7H13N3O/c1-2-3-4-5-6(8)7(11)10-9-5/h2-4,8H2,1H3,(H2,9,10,11). The lowest BCUT2D eigenvalue weighted by molar-refractivity contribution is 0.773. The maximum Gasteiger partial charge on any atom is 0.287 e. The average molecular weight is 155 g/mol. The number of unbranched alkanes of at least 4 members (excludes halogenated alkanes) is 1. The van der Waals surface area contributed by atoms with E-state index in [9.17, 15) is 4.79 Å². The van der Waals surface area contributed by atoms with E-state index in [0.717, 1.165) is 25.0 Å². The minimum Gasteiger partial charge on any atom is -0.393 e. The van der Waals surface area contributed by atoms with Crippen LogP contribution in [-0.2, 0) is 6.42 Å². The maximum absolute atomic E-state index is 10.8. The molecule has 0 amide bonds. The highest BCUT2D eigenvalue weighted by molar-refractivity contribution is 5.39. The molecule has 0 aliphatic carbocycles. The second-order valence-corrected chi connectivity index (χ2v) is 2.57. The molecule has 0 aromatic carbocycles. The van der Waals surface area contributed by atoms with Crippen molar-refractivity contribution in [2.75, 3.05) is 5.73 Å². The number of nitrogens with one attached hydrogen (secondary N) is 2. The largest absolute Gasteiger partial charge is 0.393 e. The molecule has 0 fully saturated rings. The van der Waals surface area contributed by atoms with Gasteiger partial charge in [-0.05, 0) is 12.8 Å². The molecule has 4 heteroatoms. The highest BCUT2D eigenvalue weighted by Gasteiger charge is 2.03. The average Bonchev–Trinajstić information content (AvgIpc) is 2.31. The topological polar surface area (TPSA) is 74.7 Å². The van der Waals surface area contributed by atoms with E-state index in [2.05, 4.69) is 17.1 Å². The van der Waals surface area contributed by atoms with Crippen LogP contribution in [0.15, 0.2) is 4.79 Å². The lowest BCUT2D eigenvalue weighted by Gasteiger charge is -1.94. The number of nitrogen functional groups attached to an aromatic ring is 1. The number of hydrogen-bond donors (Lipinski definition) is 3. The van der Waals surface area contributed by atoms with Crippen LogP contribution in [0.25, 0.3) is 0 Å². The number of anilines is 1. The van der Waals surface area contributed by atoms with Gasteiger partial charge in [-0.2, -0.15) is 0 Å². The van der Waals surface area contributed by atoms with E-state index in [1.165, 1.54) is 0 Å². The number of hydrogen-bond acceptors (Lipinski definition) is 2. The Kier molecular flexibility index (Phi) is 2.36. The van der Waals surface area contributed by atoms with Gasteiger partial charge in [-0.1, -0.05) is 13.3 Å². The zero-order valence-corrected chi connectivity index (χ0v) is 6.61. The fraction of sp³-hybridized carbons (Fsp3) is 0.571. The van der Waals surface area contributed by atoms with Crippen LogP contribution in [0.1, 0.15) is 25.5 Å². The number of aryl methyl sites for hydroxylation is 1. The molecule has 1 rings (SSSR count). The Labute approximate surface area is 64.8 Å². The summed E-state index contributed by atoms with van der Waals surface area (Å²) in [5.41, 5.74) is 6.42. The molecule has 11 heavy (non-hydrogen) atoms. The molecule has 0 spiro atoms. The molecule has 1 aromatic rings. The molecule has 0 aliphatic heterocycles. The molecule has 0 atom stereocenters. The summed E-state index contributed by atoms with van der Waals surface area (Å²) < 4.78 is 0. The Balaban J connectivity index is 2.71. The Morgan fingerprint density at radius 2 is 2.18 bits per heavy atom. The molecule has 0 bridgehead atoms. The van der Waals surface area contributed by atoms with Gasteiger partial charge in [0, 0.05) is 0 Å². The van der Waals surface area contributed by atoms with Crippen molar-refractivity contribution in [2.24, 2.45) is 0 Å². The molecule has 62 valence electrons. The smallest absolute Gasteiger partial charge is 0.287 e. The Morgan fingerprint density at radius 3 is 2.64 bits per heavy atom. The van der Waals surface area contributed by atoms with Crippen molar-refractivity contribution in [3.63, 3.8) is 0 Å². The van der Waals surface area contributed by atoms with Gasteiger partial charge in [0.05, 0.1) is 5.69 Å². The van der Waals surface area contributed by atoms with Crippen molar-refractivity contribution in [2.45, 2.75) is 26.2 Å². The fourth-order valence-electron chi connectivity index (χ4n) is 0.955. The first kappa shape index (κ1) is 7.91. The monoisotopic (exact) mass is 155 g/mol. The van der Waals surface area contributed by atoms with Crippen molar-refractivity contribution in [1.29, 1.82) is 0 Å². The van der Waals surface area contributed by atoms with E-state index >= 15 is 0 Å². The summed E-state index contributed by atoms with van der Waals surface area (Å²) in [6.07, 6.45) is 3.01. The number of aromatic amines is 2. The predicted octanol–water partition coefficient (Wildman–Crippen LogP) is 0.628. The van der Waals surface area contributed by atoms with E-state index in [1.54, 1.807) is 0 Å². The number of H-pyrrole nitrogens is 2. The number of aromatic nitrogens is 2. The van der Waals surface area contributed by atoms with Gasteiger partial charge >= 0.3 is 0 Å². The van der Waals surface area contributed by atoms with Crippen molar-refractivity contribution in [3.8, 4) is 0 Å². The van der Waals surface area contributed by atoms with E-state index in [0.29, 0.717) is 5.69 Å². The van der Waals surface area contributed by atoms with Crippen molar-refractivity contribution < 1.29 is 0 Å². The quantitative estimate of drug-likeness (QED) is 0.598. The second kappa shape index (κ2) is 3.27. The van der Waals surface area contributed by atoms with E-state index < -0.39 is 0 Å². The summed E-state index contributed by atoms with van der Waals surface area (Å²) in [5.74, 6) is 0. The lowest BCUT2D eigenvalue weighted by atomic mass is 10.2. The van der Waals surface area contributed by atoms with Gasteiger partial charge in [0.2, 0.25) is 0 Å². The number of nitrogens with two attached hydrogens (primary N) is 1. The molecule has 0 saturated carbocycles. The first-order valence-corrected chi connectivity index (χ1v) is 3.80. The Hall–Kier alpha value is -1.19. The molecule has 0 unspecified atom stereocenters. The first-order chi connectivity index (χ1) is 5.25. The van der Waals surface area contributed by atoms with E-state index in [1.807, 2.05) is 0 Å². The predicted molar refractivity (Wildman–Crippen MR) is 44.4 cm³/mol. The highest BCUT2D eigenvalue weighted by atomic mass is 16.1. The van der Waals surface area contributed by atoms with Crippen molar-refractivity contribution >= 4 is 5.69 Å². The first-order valence-electron chi connectivity index (χ1n) is 3.80. The Bertz CT molecular complexity index is 273. The second-order valence-electron chi connectivity index (χ2n) is 2.57. The molecule has 0 aliphatic rings. The van der Waals surface area contributed by atoms with E-state index in [4.69, 9.17) is 5.73 Å². The van der Waals surface area contributed by atoms with Gasteiger partial charge in [0.25, 0.3) is 5.56 Å². The van der Waals surface area contributed by atoms with Crippen LogP contribution in [0.3, 0.4) is 0 Å². The zero-order chi connectivity index (χ0) is 8.27. The third kappa shape index (κ3) is 1.63. The van der Waals surface area contributed by atoms with Gasteiger partial charge in [0.15, 0.2) is 0 Å². The summed E-state index contributed by atoms with van der Waals surface area (Å²) in [6.45, 7) is 2.10. The summed E-state index contributed by atoms with van der Waals surface area (Å²) in [7, 11) is 0. The minimum atomic E-state index is -0.212. The molecule has 4 N–H and O–H groups in total. The molecule has 1 aromatic heterocycles. The van der Waals surface area contributed by atoms with Crippen LogP contribution in [0.4, 0.5) is 5.69 Å². The van der Waals surface area contributed by atoms with Crippen LogP contribution < -0.4 is 11.3 Å². The van der Waals surface area contributed by atoms with Gasteiger partial charge in [-0.25, -0.2) is 0 Å². The molecule has 1 heterocycles. The van der Waals surface area contributed by atoms with Crippen LogP contribution in [0, 0.1) is 0 Å². The van der Waals surface area contributed by atoms with Gasteiger partial charge in [0.1, 0.15) is 5.69 Å². The molecule has 0 saturated heterocycles. The maximum atomic E-state index is 10.8. The summed E-state index contributed by atoms with van der Waals surface area (Å²) in [4.78, 5) is 10.8. The summed E-state index contributed by atoms with van der Waals surface area (Å²) in [6, 6.07) is 0. The fourth-order valence-corrected chi connectivity index (χ4v) is 0.955. The van der Waals surface area contributed by atoms with Crippen LogP contribution in [0.5, 0.6) is 0 Å². The third-order valence-electron chi connectivity index (χ3n) is 1.68. The van der Waals surface area contributed by atoms with Crippen LogP contribution in [-0.4, -0.2) is 10.2 Å². The van der Waals surface area contributed by atoms with E-state index in [-0.39, 0.29) is 5.56 Å². The number of rotatable bonds is 3. The van der Waals surface area contributed by atoms with Crippen LogP contribution in [0.2, 0.25) is 0 Å². The highest BCUT2D eigenvalue weighted by Crippen LogP contribution is 2.04. The van der Waals surface area contributed by atoms with Crippen LogP contribution >= 0.6 is 0 Å². The van der Waals surface area contributed by atoms with Gasteiger partial charge in [-0.15, -0.1) is 0 Å². The zero-order valence-electron chi connectivity index (χ0n) is 6.61. The van der Waals surface area contributed by atoms with Crippen molar-refractivity contribution in [3.05, 3.63) is 16.0 Å². The molecular formula is C7H13N3O. The Morgan fingerprint density at radius 1 is 1.45 bits per heavy atom. The van der Waals surface area contributed by atoms with Gasteiger partial charge < -0.3 is 10.8 Å². The van der Waals surface area contributed by atoms with Crippen molar-refractivity contribution in [1.82, 2.24) is 10.2 Å². The summed E-state index contributed by atoms with van der Waals surface area (Å²) >= 11 is 0. The van der Waals surface area contributed by atoms with Gasteiger partial charge in [-0.3, -0.25) is 9.89 Å². The summed E-state index contributed by atoms with van der Waals surface area (Å²) in [5, 5.41) is 5.19. The minimum absolute atomic E-state index is 0.212. The normalized spacial score (nSPS) is 10.3. The SMILES string of the molecule is CCCCc1[nH][nH]c(=O)c1N. The molecule has 4 nitrogen and oxygen atoms in total. The lowest BCUT2D eigenvalue weighted by Crippen LogP contribution is -2.05.